The fourth-order valence-electron chi connectivity index (χ4n) is 3.83. The summed E-state index contributed by atoms with van der Waals surface area (Å²) in [6.45, 7) is 12.0. The van der Waals surface area contributed by atoms with Crippen LogP contribution in [0.2, 0.25) is 0 Å². The van der Waals surface area contributed by atoms with Crippen LogP contribution in [0.5, 0.6) is 0 Å². The summed E-state index contributed by atoms with van der Waals surface area (Å²) in [5.74, 6) is 0. The molecule has 1 aromatic carbocycles. The second-order valence-electron chi connectivity index (χ2n) is 7.13. The molecule has 0 amide bonds. The van der Waals surface area contributed by atoms with Gasteiger partial charge in [0.15, 0.2) is 0 Å². The van der Waals surface area contributed by atoms with E-state index in [1.54, 1.807) is 0 Å². The molecule has 0 bridgehead atoms. The minimum absolute atomic E-state index is 0.895. The van der Waals surface area contributed by atoms with Crippen molar-refractivity contribution in [3.8, 4) is 0 Å². The summed E-state index contributed by atoms with van der Waals surface area (Å²) in [6.07, 6.45) is 5.38. The van der Waals surface area contributed by atoms with E-state index >= 15 is 0 Å². The van der Waals surface area contributed by atoms with Gasteiger partial charge < -0.3 is 20.4 Å². The molecule has 0 aromatic heterocycles. The Morgan fingerprint density at radius 2 is 1.57 bits per heavy atom. The monoisotopic (exact) mass is 316 g/mol. The average molecular weight is 316 g/mol. The maximum Gasteiger partial charge on any atom is 0.0370 e. The Hall–Kier alpha value is -1.26. The van der Waals surface area contributed by atoms with Gasteiger partial charge in [0.25, 0.3) is 0 Å². The fourth-order valence-corrected chi connectivity index (χ4v) is 3.83. The van der Waals surface area contributed by atoms with E-state index in [4.69, 9.17) is 5.73 Å². The minimum Gasteiger partial charge on any atom is -0.399 e. The van der Waals surface area contributed by atoms with E-state index in [-0.39, 0.29) is 0 Å². The van der Waals surface area contributed by atoms with Crippen LogP contribution in [-0.2, 0) is 0 Å². The number of nitrogens with zero attached hydrogens (tertiary/aromatic N) is 3. The van der Waals surface area contributed by atoms with Crippen molar-refractivity contribution in [3.05, 3.63) is 23.8 Å². The Bertz CT molecular complexity index is 496. The molecule has 23 heavy (non-hydrogen) atoms. The Kier molecular flexibility index (Phi) is 5.79. The first kappa shape index (κ1) is 16.6. The fraction of sp³-hybridized carbons (Fsp3) is 0.684. The largest absolute Gasteiger partial charge is 0.399 e. The molecular formula is C19H32N4. The van der Waals surface area contributed by atoms with E-state index < -0.39 is 0 Å². The zero-order valence-corrected chi connectivity index (χ0v) is 14.6. The van der Waals surface area contributed by atoms with Gasteiger partial charge in [-0.25, -0.2) is 0 Å². The molecule has 0 spiro atoms. The zero-order chi connectivity index (χ0) is 16.1. The molecule has 4 nitrogen and oxygen atoms in total. The van der Waals surface area contributed by atoms with Crippen LogP contribution in [0.4, 0.5) is 11.4 Å². The summed E-state index contributed by atoms with van der Waals surface area (Å²) >= 11 is 0. The van der Waals surface area contributed by atoms with E-state index in [0.717, 1.165) is 18.8 Å². The summed E-state index contributed by atoms with van der Waals surface area (Å²) in [6, 6.07) is 6.45. The van der Waals surface area contributed by atoms with Gasteiger partial charge in [-0.05, 0) is 89.1 Å². The van der Waals surface area contributed by atoms with Crippen molar-refractivity contribution in [2.75, 3.05) is 63.0 Å². The highest BCUT2D eigenvalue weighted by Crippen LogP contribution is 2.22. The van der Waals surface area contributed by atoms with Gasteiger partial charge in [0.05, 0.1) is 0 Å². The Morgan fingerprint density at radius 1 is 0.870 bits per heavy atom. The van der Waals surface area contributed by atoms with Gasteiger partial charge >= 0.3 is 0 Å². The molecule has 2 heterocycles. The number of hydrogen-bond donors (Lipinski definition) is 1. The Morgan fingerprint density at radius 3 is 2.30 bits per heavy atom. The highest BCUT2D eigenvalue weighted by atomic mass is 15.2. The molecule has 128 valence electrons. The molecule has 2 aliphatic rings. The molecule has 0 atom stereocenters. The first-order valence-electron chi connectivity index (χ1n) is 9.28. The van der Waals surface area contributed by atoms with E-state index in [0.29, 0.717) is 0 Å². The third-order valence-corrected chi connectivity index (χ3v) is 5.35. The molecule has 2 saturated heterocycles. The molecule has 2 aliphatic heterocycles. The van der Waals surface area contributed by atoms with Crippen molar-refractivity contribution in [3.63, 3.8) is 0 Å². The SMILES string of the molecule is Cc1cc(N2CCCN(CCCN3CCCC3)CC2)ccc1N. The molecule has 2 fully saturated rings. The first-order valence-corrected chi connectivity index (χ1v) is 9.28. The number of nitrogen functional groups attached to an aromatic ring is 1. The minimum atomic E-state index is 0.895. The molecule has 0 unspecified atom stereocenters. The topological polar surface area (TPSA) is 35.7 Å². The molecule has 4 heteroatoms. The van der Waals surface area contributed by atoms with E-state index in [1.165, 1.54) is 76.2 Å². The number of rotatable bonds is 5. The summed E-state index contributed by atoms with van der Waals surface area (Å²) < 4.78 is 0. The van der Waals surface area contributed by atoms with Gasteiger partial charge in [0.1, 0.15) is 0 Å². The third-order valence-electron chi connectivity index (χ3n) is 5.35. The van der Waals surface area contributed by atoms with Crippen LogP contribution in [0.25, 0.3) is 0 Å². The number of anilines is 2. The second-order valence-corrected chi connectivity index (χ2v) is 7.13. The van der Waals surface area contributed by atoms with Crippen molar-refractivity contribution in [1.82, 2.24) is 9.80 Å². The predicted molar refractivity (Wildman–Crippen MR) is 99.2 cm³/mol. The lowest BCUT2D eigenvalue weighted by Gasteiger charge is -2.24. The normalized spacial score (nSPS) is 20.8. The van der Waals surface area contributed by atoms with Crippen molar-refractivity contribution in [2.45, 2.75) is 32.6 Å². The smallest absolute Gasteiger partial charge is 0.0370 e. The number of aryl methyl sites for hydroxylation is 1. The molecule has 1 aromatic rings. The predicted octanol–water partition coefficient (Wildman–Crippen LogP) is 2.58. The second kappa shape index (κ2) is 8.02. The van der Waals surface area contributed by atoms with Gasteiger partial charge in [-0.2, -0.15) is 0 Å². The molecule has 2 N–H and O–H groups in total. The maximum absolute atomic E-state index is 5.95. The van der Waals surface area contributed by atoms with Crippen LogP contribution < -0.4 is 10.6 Å². The lowest BCUT2D eigenvalue weighted by Crippen LogP contribution is -2.33. The van der Waals surface area contributed by atoms with Crippen LogP contribution in [0, 0.1) is 6.92 Å². The molecule has 3 rings (SSSR count). The Labute approximate surface area is 141 Å². The van der Waals surface area contributed by atoms with Crippen LogP contribution in [-0.4, -0.2) is 62.2 Å². The number of likely N-dealkylation sites (tertiary alicyclic amines) is 1. The van der Waals surface area contributed by atoms with Crippen molar-refractivity contribution in [1.29, 1.82) is 0 Å². The lowest BCUT2D eigenvalue weighted by molar-refractivity contribution is 0.257. The zero-order valence-electron chi connectivity index (χ0n) is 14.6. The van der Waals surface area contributed by atoms with E-state index in [1.807, 2.05) is 6.07 Å². The quantitative estimate of drug-likeness (QED) is 0.847. The lowest BCUT2D eigenvalue weighted by atomic mass is 10.1. The molecule has 0 aliphatic carbocycles. The van der Waals surface area contributed by atoms with E-state index in [2.05, 4.69) is 33.8 Å². The number of nitrogens with two attached hydrogens (primary N) is 1. The van der Waals surface area contributed by atoms with Crippen molar-refractivity contribution < 1.29 is 0 Å². The first-order chi connectivity index (χ1) is 11.2. The summed E-state index contributed by atoms with van der Waals surface area (Å²) in [5.41, 5.74) is 9.36. The average Bonchev–Trinajstić information content (AvgIpc) is 2.95. The number of hydrogen-bond acceptors (Lipinski definition) is 4. The third kappa shape index (κ3) is 4.61. The highest BCUT2D eigenvalue weighted by molar-refractivity contribution is 5.58. The van der Waals surface area contributed by atoms with Crippen molar-refractivity contribution in [2.24, 2.45) is 0 Å². The highest BCUT2D eigenvalue weighted by Gasteiger charge is 2.16. The van der Waals surface area contributed by atoms with E-state index in [9.17, 15) is 0 Å². The summed E-state index contributed by atoms with van der Waals surface area (Å²) in [4.78, 5) is 7.80. The van der Waals surface area contributed by atoms with Gasteiger partial charge in [-0.3, -0.25) is 0 Å². The van der Waals surface area contributed by atoms with Crippen LogP contribution >= 0.6 is 0 Å². The van der Waals surface area contributed by atoms with Crippen molar-refractivity contribution >= 4 is 11.4 Å². The van der Waals surface area contributed by atoms with Crippen LogP contribution in [0.1, 0.15) is 31.2 Å². The molecular weight excluding hydrogens is 284 g/mol. The van der Waals surface area contributed by atoms with Gasteiger partial charge in [-0.1, -0.05) is 0 Å². The standard InChI is InChI=1S/C19H32N4/c1-17-16-18(6-7-19(17)20)23-13-5-12-22(14-15-23)11-4-10-21-8-2-3-9-21/h6-7,16H,2-5,8-15,20H2,1H3. The van der Waals surface area contributed by atoms with Crippen LogP contribution in [0.3, 0.4) is 0 Å². The summed E-state index contributed by atoms with van der Waals surface area (Å²) in [7, 11) is 0. The summed E-state index contributed by atoms with van der Waals surface area (Å²) in [5, 5.41) is 0. The van der Waals surface area contributed by atoms with Gasteiger partial charge in [-0.15, -0.1) is 0 Å². The maximum atomic E-state index is 5.95. The van der Waals surface area contributed by atoms with Gasteiger partial charge in [0, 0.05) is 31.0 Å². The number of benzene rings is 1. The molecule has 0 radical (unpaired) electrons. The molecule has 0 saturated carbocycles. The Balaban J connectivity index is 1.45. The van der Waals surface area contributed by atoms with Gasteiger partial charge in [0.2, 0.25) is 0 Å². The van der Waals surface area contributed by atoms with Crippen LogP contribution in [0.15, 0.2) is 18.2 Å².